The number of aryl methyl sites for hydroxylation is 1. The number of sulfonamides is 1. The van der Waals surface area contributed by atoms with Gasteiger partial charge in [0, 0.05) is 17.5 Å². The highest BCUT2D eigenvalue weighted by Gasteiger charge is 2.23. The van der Waals surface area contributed by atoms with Gasteiger partial charge >= 0.3 is 0 Å². The molecule has 1 rings (SSSR count). The van der Waals surface area contributed by atoms with Crippen LogP contribution in [0.3, 0.4) is 0 Å². The fourth-order valence-electron chi connectivity index (χ4n) is 2.07. The summed E-state index contributed by atoms with van der Waals surface area (Å²) in [5.74, 6) is 0. The summed E-state index contributed by atoms with van der Waals surface area (Å²) in [6.07, 6.45) is 4.19. The van der Waals surface area contributed by atoms with Gasteiger partial charge < -0.3 is 5.73 Å². The molecule has 0 spiro atoms. The number of unbranched alkanes of at least 4 members (excludes halogenated alkanes) is 2. The highest BCUT2D eigenvalue weighted by Crippen LogP contribution is 2.26. The molecule has 6 heteroatoms. The molecule has 1 unspecified atom stereocenters. The smallest absolute Gasteiger partial charge is 0.242 e. The van der Waals surface area contributed by atoms with Crippen LogP contribution >= 0.6 is 11.3 Å². The summed E-state index contributed by atoms with van der Waals surface area (Å²) in [6.45, 7) is 6.12. The topological polar surface area (TPSA) is 72.2 Å². The third-order valence-electron chi connectivity index (χ3n) is 3.04. The van der Waals surface area contributed by atoms with Crippen LogP contribution in [0.25, 0.3) is 0 Å². The molecule has 1 aromatic rings. The van der Waals surface area contributed by atoms with Crippen molar-refractivity contribution < 1.29 is 8.42 Å². The van der Waals surface area contributed by atoms with E-state index in [1.165, 1.54) is 11.3 Å². The Bertz CT molecular complexity index is 495. The maximum atomic E-state index is 12.4. The first-order chi connectivity index (χ1) is 8.92. The Balaban J connectivity index is 2.78. The molecule has 19 heavy (non-hydrogen) atoms. The second-order valence-electron chi connectivity index (χ2n) is 4.89. The summed E-state index contributed by atoms with van der Waals surface area (Å²) in [7, 11) is -3.45. The van der Waals surface area contributed by atoms with Gasteiger partial charge in [0.15, 0.2) is 0 Å². The molecule has 1 aromatic heterocycles. The van der Waals surface area contributed by atoms with Gasteiger partial charge in [-0.3, -0.25) is 0 Å². The molecule has 0 fully saturated rings. The van der Waals surface area contributed by atoms with Gasteiger partial charge in [0.05, 0.1) is 0 Å². The van der Waals surface area contributed by atoms with Gasteiger partial charge in [-0.05, 0) is 31.2 Å². The third kappa shape index (κ3) is 4.56. The minimum atomic E-state index is -3.45. The zero-order valence-electron chi connectivity index (χ0n) is 11.9. The molecule has 1 heterocycles. The van der Waals surface area contributed by atoms with Crippen LogP contribution < -0.4 is 10.5 Å². The molecule has 0 aliphatic carbocycles. The summed E-state index contributed by atoms with van der Waals surface area (Å²) < 4.78 is 27.5. The Morgan fingerprint density at radius 3 is 2.68 bits per heavy atom. The first-order valence-corrected chi connectivity index (χ1v) is 9.08. The number of nitrogens with two attached hydrogens (primary N) is 1. The zero-order chi connectivity index (χ0) is 14.5. The molecule has 0 saturated heterocycles. The van der Waals surface area contributed by atoms with Crippen molar-refractivity contribution in [3.63, 3.8) is 0 Å². The summed E-state index contributed by atoms with van der Waals surface area (Å²) in [4.78, 5) is 1.10. The molecule has 0 amide bonds. The maximum Gasteiger partial charge on any atom is 0.242 e. The minimum Gasteiger partial charge on any atom is -0.326 e. The molecule has 0 aliphatic rings. The van der Waals surface area contributed by atoms with Crippen molar-refractivity contribution in [3.8, 4) is 0 Å². The lowest BCUT2D eigenvalue weighted by Gasteiger charge is -2.15. The minimum absolute atomic E-state index is 0.0403. The molecule has 0 bridgehead atoms. The van der Waals surface area contributed by atoms with Gasteiger partial charge in [0.25, 0.3) is 0 Å². The lowest BCUT2D eigenvalue weighted by molar-refractivity contribution is 0.526. The summed E-state index contributed by atoms with van der Waals surface area (Å²) in [5, 5.41) is 1.85. The van der Waals surface area contributed by atoms with Crippen LogP contribution in [-0.4, -0.2) is 14.5 Å². The highest BCUT2D eigenvalue weighted by atomic mass is 32.2. The number of nitrogens with one attached hydrogen (secondary N) is 1. The third-order valence-corrected chi connectivity index (χ3v) is 6.11. The van der Waals surface area contributed by atoms with Gasteiger partial charge in [-0.2, -0.15) is 0 Å². The van der Waals surface area contributed by atoms with Crippen molar-refractivity contribution in [3.05, 3.63) is 15.8 Å². The number of rotatable bonds is 8. The second-order valence-corrected chi connectivity index (χ2v) is 7.51. The molecule has 0 radical (unpaired) electrons. The average molecular weight is 304 g/mol. The van der Waals surface area contributed by atoms with E-state index in [0.717, 1.165) is 36.1 Å². The van der Waals surface area contributed by atoms with Gasteiger partial charge in [-0.25, -0.2) is 13.1 Å². The maximum absolute atomic E-state index is 12.4. The van der Waals surface area contributed by atoms with E-state index in [9.17, 15) is 8.42 Å². The Hall–Kier alpha value is -0.430. The van der Waals surface area contributed by atoms with Crippen LogP contribution in [0.2, 0.25) is 0 Å². The van der Waals surface area contributed by atoms with Crippen LogP contribution in [-0.2, 0) is 16.6 Å². The van der Waals surface area contributed by atoms with Crippen LogP contribution in [0, 0.1) is 6.92 Å². The zero-order valence-corrected chi connectivity index (χ0v) is 13.5. The van der Waals surface area contributed by atoms with Crippen LogP contribution in [0.5, 0.6) is 0 Å². The van der Waals surface area contributed by atoms with E-state index in [4.69, 9.17) is 5.73 Å². The van der Waals surface area contributed by atoms with E-state index in [2.05, 4.69) is 11.6 Å². The molecule has 0 aromatic carbocycles. The van der Waals surface area contributed by atoms with Crippen molar-refractivity contribution in [2.24, 2.45) is 5.73 Å². The monoisotopic (exact) mass is 304 g/mol. The standard InChI is InChI=1S/C13H24N2O2S2/c1-4-5-6-7-11(3)15-19(16,17)13-10(2)9-18-12(13)8-14/h9,11,15H,4-8,14H2,1-3H3. The van der Waals surface area contributed by atoms with Crippen molar-refractivity contribution in [1.82, 2.24) is 4.72 Å². The lowest BCUT2D eigenvalue weighted by atomic mass is 10.1. The Morgan fingerprint density at radius 1 is 1.42 bits per heavy atom. The van der Waals surface area contributed by atoms with Crippen molar-refractivity contribution in [2.75, 3.05) is 0 Å². The van der Waals surface area contributed by atoms with Gasteiger partial charge in [0.1, 0.15) is 4.90 Å². The summed E-state index contributed by atoms with van der Waals surface area (Å²) in [5.41, 5.74) is 6.38. The van der Waals surface area contributed by atoms with Crippen molar-refractivity contribution in [2.45, 2.75) is 63.9 Å². The molecule has 110 valence electrons. The van der Waals surface area contributed by atoms with E-state index in [0.29, 0.717) is 4.90 Å². The summed E-state index contributed by atoms with van der Waals surface area (Å²) >= 11 is 1.41. The Kier molecular flexibility index (Phi) is 6.46. The van der Waals surface area contributed by atoms with E-state index in [-0.39, 0.29) is 12.6 Å². The molecule has 4 nitrogen and oxygen atoms in total. The molecule has 1 atom stereocenters. The van der Waals surface area contributed by atoms with E-state index >= 15 is 0 Å². The SMILES string of the molecule is CCCCCC(C)NS(=O)(=O)c1c(C)csc1CN. The van der Waals surface area contributed by atoms with Crippen LogP contribution in [0.4, 0.5) is 0 Å². The van der Waals surface area contributed by atoms with Crippen LogP contribution in [0.1, 0.15) is 50.0 Å². The number of thiophene rings is 1. The fraction of sp³-hybridized carbons (Fsp3) is 0.692. The van der Waals surface area contributed by atoms with Gasteiger partial charge in [-0.1, -0.05) is 26.2 Å². The highest BCUT2D eigenvalue weighted by molar-refractivity contribution is 7.89. The van der Waals surface area contributed by atoms with Gasteiger partial charge in [-0.15, -0.1) is 11.3 Å². The largest absolute Gasteiger partial charge is 0.326 e. The first kappa shape index (κ1) is 16.6. The fourth-order valence-corrected chi connectivity index (χ4v) is 5.05. The molecule has 0 saturated carbocycles. The second kappa shape index (κ2) is 7.38. The lowest BCUT2D eigenvalue weighted by Crippen LogP contribution is -2.33. The molecular weight excluding hydrogens is 280 g/mol. The van der Waals surface area contributed by atoms with Crippen molar-refractivity contribution >= 4 is 21.4 Å². The van der Waals surface area contributed by atoms with E-state index in [1.807, 2.05) is 19.2 Å². The van der Waals surface area contributed by atoms with Crippen molar-refractivity contribution in [1.29, 1.82) is 0 Å². The van der Waals surface area contributed by atoms with E-state index < -0.39 is 10.0 Å². The number of hydrogen-bond acceptors (Lipinski definition) is 4. The molecular formula is C13H24N2O2S2. The van der Waals surface area contributed by atoms with Gasteiger partial charge in [0.2, 0.25) is 10.0 Å². The van der Waals surface area contributed by atoms with Crippen LogP contribution in [0.15, 0.2) is 10.3 Å². The Morgan fingerprint density at radius 2 is 2.11 bits per heavy atom. The molecule has 0 aliphatic heterocycles. The normalized spacial score (nSPS) is 13.7. The average Bonchev–Trinajstić information content (AvgIpc) is 2.70. The summed E-state index contributed by atoms with van der Waals surface area (Å²) in [6, 6.07) is -0.0403. The number of hydrogen-bond donors (Lipinski definition) is 2. The quantitative estimate of drug-likeness (QED) is 0.725. The predicted molar refractivity (Wildman–Crippen MR) is 80.9 cm³/mol. The first-order valence-electron chi connectivity index (χ1n) is 6.71. The Labute approximate surface area is 120 Å². The predicted octanol–water partition coefficient (Wildman–Crippen LogP) is 2.76. The molecule has 3 N–H and O–H groups in total. The van der Waals surface area contributed by atoms with E-state index in [1.54, 1.807) is 0 Å².